The monoisotopic (exact) mass is 224 g/mol. The van der Waals surface area contributed by atoms with Gasteiger partial charge in [0.25, 0.3) is 0 Å². The van der Waals surface area contributed by atoms with E-state index in [0.717, 1.165) is 18.4 Å². The van der Waals surface area contributed by atoms with Crippen molar-refractivity contribution in [2.24, 2.45) is 5.92 Å². The van der Waals surface area contributed by atoms with Crippen molar-refractivity contribution in [1.29, 1.82) is 0 Å². The van der Waals surface area contributed by atoms with Crippen LogP contribution in [0.5, 0.6) is 0 Å². The number of carboxylic acids is 1. The summed E-state index contributed by atoms with van der Waals surface area (Å²) in [5.41, 5.74) is 0.880. The largest absolute Gasteiger partial charge is 0.481 e. The third-order valence-electron chi connectivity index (χ3n) is 2.65. The van der Waals surface area contributed by atoms with E-state index < -0.39 is 5.97 Å². The Hall–Kier alpha value is -1.38. The lowest BCUT2D eigenvalue weighted by molar-refractivity contribution is -0.141. The molecule has 3 heteroatoms. The molecule has 0 aliphatic rings. The molecule has 0 aliphatic heterocycles. The van der Waals surface area contributed by atoms with E-state index in [9.17, 15) is 9.18 Å². The fraction of sp³-hybridized carbons (Fsp3) is 0.462. The van der Waals surface area contributed by atoms with Gasteiger partial charge in [-0.3, -0.25) is 4.79 Å². The van der Waals surface area contributed by atoms with Gasteiger partial charge in [-0.2, -0.15) is 0 Å². The number of benzene rings is 1. The highest BCUT2D eigenvalue weighted by molar-refractivity contribution is 5.70. The van der Waals surface area contributed by atoms with Crippen molar-refractivity contribution in [3.05, 3.63) is 35.6 Å². The highest BCUT2D eigenvalue weighted by Gasteiger charge is 2.17. The molecule has 0 amide bonds. The van der Waals surface area contributed by atoms with Crippen LogP contribution < -0.4 is 0 Å². The van der Waals surface area contributed by atoms with E-state index in [2.05, 4.69) is 0 Å². The number of aliphatic carboxylic acids is 1. The molecule has 88 valence electrons. The van der Waals surface area contributed by atoms with Gasteiger partial charge < -0.3 is 5.11 Å². The zero-order chi connectivity index (χ0) is 12.0. The maximum absolute atomic E-state index is 12.7. The number of carbonyl (C=O) groups is 1. The van der Waals surface area contributed by atoms with Gasteiger partial charge in [-0.25, -0.2) is 4.39 Å². The summed E-state index contributed by atoms with van der Waals surface area (Å²) in [6.45, 7) is 2.04. The minimum atomic E-state index is -0.766. The number of carboxylic acid groups (broad SMARTS) is 1. The highest BCUT2D eigenvalue weighted by Crippen LogP contribution is 2.16. The van der Waals surface area contributed by atoms with Crippen molar-refractivity contribution in [2.75, 3.05) is 0 Å². The summed E-state index contributed by atoms with van der Waals surface area (Å²) in [4.78, 5) is 11.0. The topological polar surface area (TPSA) is 37.3 Å². The lowest BCUT2D eigenvalue weighted by Gasteiger charge is -2.11. The Balaban J connectivity index is 2.60. The lowest BCUT2D eigenvalue weighted by Crippen LogP contribution is -2.16. The summed E-state index contributed by atoms with van der Waals surface area (Å²) in [5, 5.41) is 9.04. The Labute approximate surface area is 95.1 Å². The van der Waals surface area contributed by atoms with Crippen LogP contribution in [0.1, 0.15) is 31.7 Å². The smallest absolute Gasteiger partial charge is 0.306 e. The summed E-state index contributed by atoms with van der Waals surface area (Å²) in [5.74, 6) is -1.41. The fourth-order valence-corrected chi connectivity index (χ4v) is 1.67. The molecule has 1 aromatic rings. The lowest BCUT2D eigenvalue weighted by atomic mass is 9.94. The minimum Gasteiger partial charge on any atom is -0.481 e. The highest BCUT2D eigenvalue weighted by atomic mass is 19.1. The molecule has 0 spiro atoms. The van der Waals surface area contributed by atoms with E-state index in [1.807, 2.05) is 6.92 Å². The van der Waals surface area contributed by atoms with Crippen LogP contribution >= 0.6 is 0 Å². The molecule has 16 heavy (non-hydrogen) atoms. The average Bonchev–Trinajstić information content (AvgIpc) is 2.26. The molecule has 0 saturated carbocycles. The van der Waals surface area contributed by atoms with Crippen LogP contribution in [0.25, 0.3) is 0 Å². The van der Waals surface area contributed by atoms with Crippen LogP contribution in [0.3, 0.4) is 0 Å². The number of unbranched alkanes of at least 4 members (excludes halogenated alkanes) is 1. The third-order valence-corrected chi connectivity index (χ3v) is 2.65. The molecule has 1 atom stereocenters. The molecule has 0 heterocycles. The number of hydrogen-bond donors (Lipinski definition) is 1. The average molecular weight is 224 g/mol. The second kappa shape index (κ2) is 6.26. The Bertz CT molecular complexity index is 332. The molecule has 0 saturated heterocycles. The fourth-order valence-electron chi connectivity index (χ4n) is 1.67. The second-order valence-electron chi connectivity index (χ2n) is 4.01. The van der Waals surface area contributed by atoms with Crippen molar-refractivity contribution in [3.63, 3.8) is 0 Å². The van der Waals surface area contributed by atoms with Crippen LogP contribution in [0, 0.1) is 11.7 Å². The van der Waals surface area contributed by atoms with Gasteiger partial charge in [0.1, 0.15) is 5.82 Å². The molecule has 1 N–H and O–H groups in total. The molecule has 0 bridgehead atoms. The van der Waals surface area contributed by atoms with Gasteiger partial charge in [0.05, 0.1) is 5.92 Å². The Morgan fingerprint density at radius 1 is 1.38 bits per heavy atom. The Kier molecular flexibility index (Phi) is 4.96. The zero-order valence-corrected chi connectivity index (χ0v) is 9.45. The van der Waals surface area contributed by atoms with Crippen LogP contribution in [-0.2, 0) is 11.2 Å². The maximum Gasteiger partial charge on any atom is 0.306 e. The summed E-state index contributed by atoms with van der Waals surface area (Å²) < 4.78 is 12.7. The second-order valence-corrected chi connectivity index (χ2v) is 4.01. The van der Waals surface area contributed by atoms with Gasteiger partial charge in [-0.1, -0.05) is 31.9 Å². The molecular formula is C13H17FO2. The first-order chi connectivity index (χ1) is 7.63. The van der Waals surface area contributed by atoms with Gasteiger partial charge in [0.2, 0.25) is 0 Å². The third kappa shape index (κ3) is 4.01. The van der Waals surface area contributed by atoms with Gasteiger partial charge in [-0.15, -0.1) is 0 Å². The summed E-state index contributed by atoms with van der Waals surface area (Å²) >= 11 is 0. The first kappa shape index (κ1) is 12.7. The standard InChI is InChI=1S/C13H17FO2/c1-2-3-4-11(13(15)16)9-10-5-7-12(14)8-6-10/h5-8,11H,2-4,9H2,1H3,(H,15,16). The Morgan fingerprint density at radius 2 is 2.00 bits per heavy atom. The van der Waals surface area contributed by atoms with E-state index in [0.29, 0.717) is 12.8 Å². The Morgan fingerprint density at radius 3 is 2.50 bits per heavy atom. The van der Waals surface area contributed by atoms with E-state index in [1.54, 1.807) is 12.1 Å². The van der Waals surface area contributed by atoms with Gasteiger partial charge in [-0.05, 0) is 30.5 Å². The van der Waals surface area contributed by atoms with Crippen molar-refractivity contribution in [1.82, 2.24) is 0 Å². The van der Waals surface area contributed by atoms with Crippen LogP contribution in [0.2, 0.25) is 0 Å². The van der Waals surface area contributed by atoms with Gasteiger partial charge >= 0.3 is 5.97 Å². The van der Waals surface area contributed by atoms with Crippen molar-refractivity contribution >= 4 is 5.97 Å². The van der Waals surface area contributed by atoms with Crippen molar-refractivity contribution < 1.29 is 14.3 Å². The quantitative estimate of drug-likeness (QED) is 0.805. The van der Waals surface area contributed by atoms with E-state index in [4.69, 9.17) is 5.11 Å². The number of hydrogen-bond acceptors (Lipinski definition) is 1. The number of rotatable bonds is 6. The van der Waals surface area contributed by atoms with Crippen LogP contribution in [0.15, 0.2) is 24.3 Å². The number of halogens is 1. The normalized spacial score (nSPS) is 12.4. The predicted molar refractivity (Wildman–Crippen MR) is 60.8 cm³/mol. The SMILES string of the molecule is CCCCC(Cc1ccc(F)cc1)C(=O)O. The van der Waals surface area contributed by atoms with Crippen molar-refractivity contribution in [2.45, 2.75) is 32.6 Å². The maximum atomic E-state index is 12.7. The molecule has 0 fully saturated rings. The first-order valence-electron chi connectivity index (χ1n) is 5.60. The molecule has 0 aliphatic carbocycles. The molecule has 1 unspecified atom stereocenters. The molecule has 2 nitrogen and oxygen atoms in total. The van der Waals surface area contributed by atoms with E-state index in [1.165, 1.54) is 12.1 Å². The minimum absolute atomic E-state index is 0.288. The van der Waals surface area contributed by atoms with E-state index in [-0.39, 0.29) is 11.7 Å². The summed E-state index contributed by atoms with van der Waals surface area (Å²) in [7, 11) is 0. The van der Waals surface area contributed by atoms with E-state index >= 15 is 0 Å². The summed E-state index contributed by atoms with van der Waals surface area (Å²) in [6.07, 6.45) is 3.07. The van der Waals surface area contributed by atoms with Crippen LogP contribution in [0.4, 0.5) is 4.39 Å². The van der Waals surface area contributed by atoms with Crippen molar-refractivity contribution in [3.8, 4) is 0 Å². The molecular weight excluding hydrogens is 207 g/mol. The zero-order valence-electron chi connectivity index (χ0n) is 9.45. The molecule has 0 aromatic heterocycles. The first-order valence-corrected chi connectivity index (χ1v) is 5.60. The predicted octanol–water partition coefficient (Wildman–Crippen LogP) is 3.26. The van der Waals surface area contributed by atoms with Gasteiger partial charge in [0, 0.05) is 0 Å². The van der Waals surface area contributed by atoms with Gasteiger partial charge in [0.15, 0.2) is 0 Å². The molecule has 1 rings (SSSR count). The summed E-state index contributed by atoms with van der Waals surface area (Å²) in [6, 6.07) is 6.04. The van der Waals surface area contributed by atoms with Crippen LogP contribution in [-0.4, -0.2) is 11.1 Å². The molecule has 0 radical (unpaired) electrons. The molecule has 1 aromatic carbocycles.